The van der Waals surface area contributed by atoms with E-state index in [0.717, 1.165) is 51.3 Å². The highest BCUT2D eigenvalue weighted by Gasteiger charge is 2.28. The zero-order valence-corrected chi connectivity index (χ0v) is 19.9. The van der Waals surface area contributed by atoms with Crippen molar-refractivity contribution in [1.29, 1.82) is 0 Å². The number of nitrogens with zero attached hydrogens (tertiary/aromatic N) is 3. The minimum atomic E-state index is -3.87. The van der Waals surface area contributed by atoms with Gasteiger partial charge in [-0.2, -0.15) is 4.31 Å². The van der Waals surface area contributed by atoms with Crippen LogP contribution in [0.3, 0.4) is 0 Å². The summed E-state index contributed by atoms with van der Waals surface area (Å²) in [6, 6.07) is 12.8. The summed E-state index contributed by atoms with van der Waals surface area (Å²) >= 11 is 0. The van der Waals surface area contributed by atoms with E-state index in [9.17, 15) is 16.8 Å². The summed E-state index contributed by atoms with van der Waals surface area (Å²) in [6.45, 7) is 7.69. The maximum absolute atomic E-state index is 13.1. The van der Waals surface area contributed by atoms with E-state index in [-0.39, 0.29) is 9.79 Å². The maximum atomic E-state index is 13.1. The van der Waals surface area contributed by atoms with Crippen LogP contribution in [-0.4, -0.2) is 71.9 Å². The molecule has 0 atom stereocenters. The van der Waals surface area contributed by atoms with Gasteiger partial charge >= 0.3 is 0 Å². The van der Waals surface area contributed by atoms with Gasteiger partial charge in [-0.05, 0) is 55.8 Å². The first kappa shape index (κ1) is 23.0. The van der Waals surface area contributed by atoms with Gasteiger partial charge in [0.25, 0.3) is 10.0 Å². The van der Waals surface area contributed by atoms with Gasteiger partial charge in [-0.25, -0.2) is 16.8 Å². The largest absolute Gasteiger partial charge is 0.367 e. The van der Waals surface area contributed by atoms with Crippen LogP contribution >= 0.6 is 0 Å². The number of para-hydroxylation sites is 2. The molecule has 2 aromatic rings. The van der Waals surface area contributed by atoms with Crippen LogP contribution in [0.4, 0.5) is 11.4 Å². The van der Waals surface area contributed by atoms with Gasteiger partial charge in [0.15, 0.2) is 0 Å². The van der Waals surface area contributed by atoms with Crippen molar-refractivity contribution in [3.8, 4) is 0 Å². The minimum Gasteiger partial charge on any atom is -0.367 e. The Kier molecular flexibility index (Phi) is 6.75. The molecule has 2 aromatic carbocycles. The first-order valence-electron chi connectivity index (χ1n) is 11.0. The predicted molar refractivity (Wildman–Crippen MR) is 126 cm³/mol. The molecule has 1 N–H and O–H groups in total. The summed E-state index contributed by atoms with van der Waals surface area (Å²) in [5, 5.41) is 0. The Morgan fingerprint density at radius 1 is 0.781 bits per heavy atom. The number of likely N-dealkylation sites (N-methyl/N-ethyl adjacent to an activating group) is 1. The summed E-state index contributed by atoms with van der Waals surface area (Å²) in [6.07, 6.45) is 1.70. The van der Waals surface area contributed by atoms with Crippen LogP contribution in [-0.2, 0) is 20.0 Å². The Hall–Kier alpha value is -2.14. The molecule has 0 aliphatic carbocycles. The van der Waals surface area contributed by atoms with Gasteiger partial charge in [0.1, 0.15) is 0 Å². The minimum absolute atomic E-state index is 0.0310. The van der Waals surface area contributed by atoms with E-state index < -0.39 is 20.0 Å². The van der Waals surface area contributed by atoms with Crippen LogP contribution in [0.15, 0.2) is 58.3 Å². The summed E-state index contributed by atoms with van der Waals surface area (Å²) in [5.74, 6) is 0. The molecule has 0 amide bonds. The van der Waals surface area contributed by atoms with Crippen LogP contribution < -0.4 is 9.62 Å². The Morgan fingerprint density at radius 2 is 1.38 bits per heavy atom. The van der Waals surface area contributed by atoms with Gasteiger partial charge in [0.05, 0.1) is 21.2 Å². The molecular formula is C22H30N4O4S2. The number of hydrogen-bond donors (Lipinski definition) is 1. The number of hydrogen-bond acceptors (Lipinski definition) is 6. The molecule has 0 saturated carbocycles. The van der Waals surface area contributed by atoms with E-state index in [4.69, 9.17) is 0 Å². The van der Waals surface area contributed by atoms with E-state index in [1.165, 1.54) is 28.6 Å². The van der Waals surface area contributed by atoms with Crippen LogP contribution in [0.1, 0.15) is 19.8 Å². The molecule has 32 heavy (non-hydrogen) atoms. The van der Waals surface area contributed by atoms with Crippen molar-refractivity contribution < 1.29 is 16.8 Å². The van der Waals surface area contributed by atoms with E-state index in [0.29, 0.717) is 18.8 Å². The Labute approximate surface area is 190 Å². The molecule has 0 radical (unpaired) electrons. The van der Waals surface area contributed by atoms with Crippen molar-refractivity contribution in [3.05, 3.63) is 48.5 Å². The Morgan fingerprint density at radius 3 is 2.00 bits per heavy atom. The van der Waals surface area contributed by atoms with Crippen LogP contribution in [0, 0.1) is 0 Å². The number of rotatable bonds is 7. The van der Waals surface area contributed by atoms with Crippen LogP contribution in [0.25, 0.3) is 0 Å². The molecule has 2 aliphatic heterocycles. The number of benzene rings is 2. The third-order valence-corrected chi connectivity index (χ3v) is 9.44. The molecule has 0 spiro atoms. The smallest absolute Gasteiger partial charge is 0.261 e. The SMILES string of the molecule is CCN1CCN(c2ccccc2NS(=O)(=O)c2ccc(S(=O)(=O)N3CCCC3)cc2)CC1. The molecule has 4 rings (SSSR count). The number of anilines is 2. The second-order valence-electron chi connectivity index (χ2n) is 8.13. The van der Waals surface area contributed by atoms with Crippen molar-refractivity contribution in [1.82, 2.24) is 9.21 Å². The summed E-state index contributed by atoms with van der Waals surface area (Å²) < 4.78 is 55.7. The van der Waals surface area contributed by atoms with Crippen molar-refractivity contribution in [3.63, 3.8) is 0 Å². The molecule has 174 valence electrons. The monoisotopic (exact) mass is 478 g/mol. The quantitative estimate of drug-likeness (QED) is 0.657. The molecule has 2 saturated heterocycles. The van der Waals surface area contributed by atoms with Gasteiger partial charge in [-0.15, -0.1) is 0 Å². The molecule has 0 unspecified atom stereocenters. The zero-order chi connectivity index (χ0) is 22.8. The summed E-state index contributed by atoms with van der Waals surface area (Å²) in [7, 11) is -7.45. The fourth-order valence-corrected chi connectivity index (χ4v) is 6.80. The second-order valence-corrected chi connectivity index (χ2v) is 11.7. The Balaban J connectivity index is 1.53. The van der Waals surface area contributed by atoms with Crippen molar-refractivity contribution >= 4 is 31.4 Å². The van der Waals surface area contributed by atoms with Crippen LogP contribution in [0.5, 0.6) is 0 Å². The number of nitrogens with one attached hydrogen (secondary N) is 1. The van der Waals surface area contributed by atoms with Gasteiger partial charge in [0.2, 0.25) is 10.0 Å². The highest BCUT2D eigenvalue weighted by Crippen LogP contribution is 2.29. The standard InChI is InChI=1S/C22H30N4O4S2/c1-2-24-15-17-25(18-16-24)22-8-4-3-7-21(22)23-31(27,28)19-9-11-20(12-10-19)32(29,30)26-13-5-6-14-26/h3-4,7-12,23H,2,5-6,13-18H2,1H3. The molecule has 10 heteroatoms. The predicted octanol–water partition coefficient (Wildman–Crippen LogP) is 2.41. The van der Waals surface area contributed by atoms with Crippen molar-refractivity contribution in [2.24, 2.45) is 0 Å². The molecule has 0 bridgehead atoms. The first-order chi connectivity index (χ1) is 15.3. The third kappa shape index (κ3) is 4.78. The van der Waals surface area contributed by atoms with Crippen molar-refractivity contribution in [2.45, 2.75) is 29.6 Å². The average Bonchev–Trinajstić information content (AvgIpc) is 3.35. The van der Waals surface area contributed by atoms with E-state index in [1.54, 1.807) is 12.1 Å². The lowest BCUT2D eigenvalue weighted by atomic mass is 10.2. The highest BCUT2D eigenvalue weighted by molar-refractivity contribution is 7.92. The average molecular weight is 479 g/mol. The fourth-order valence-electron chi connectivity index (χ4n) is 4.21. The normalized spacial score (nSPS) is 18.7. The molecule has 2 aliphatic rings. The lowest BCUT2D eigenvalue weighted by molar-refractivity contribution is 0.271. The second kappa shape index (κ2) is 9.38. The third-order valence-electron chi connectivity index (χ3n) is 6.15. The van der Waals surface area contributed by atoms with Crippen LogP contribution in [0.2, 0.25) is 0 Å². The number of sulfonamides is 2. The summed E-state index contributed by atoms with van der Waals surface area (Å²) in [4.78, 5) is 4.70. The van der Waals surface area contributed by atoms with Gasteiger partial charge in [0, 0.05) is 39.3 Å². The number of piperazine rings is 1. The topological polar surface area (TPSA) is 90.0 Å². The molecule has 2 fully saturated rings. The van der Waals surface area contributed by atoms with Gasteiger partial charge in [-0.3, -0.25) is 4.72 Å². The zero-order valence-electron chi connectivity index (χ0n) is 18.3. The lowest BCUT2D eigenvalue weighted by Crippen LogP contribution is -2.46. The lowest BCUT2D eigenvalue weighted by Gasteiger charge is -2.36. The molecule has 8 nitrogen and oxygen atoms in total. The molecule has 0 aromatic heterocycles. The molecule has 2 heterocycles. The van der Waals surface area contributed by atoms with E-state index >= 15 is 0 Å². The van der Waals surface area contributed by atoms with Gasteiger partial charge < -0.3 is 9.80 Å². The van der Waals surface area contributed by atoms with Crippen molar-refractivity contribution in [2.75, 3.05) is 55.4 Å². The van der Waals surface area contributed by atoms with E-state index in [2.05, 4.69) is 21.4 Å². The fraction of sp³-hybridized carbons (Fsp3) is 0.455. The maximum Gasteiger partial charge on any atom is 0.261 e. The first-order valence-corrected chi connectivity index (χ1v) is 13.9. The molecular weight excluding hydrogens is 448 g/mol. The van der Waals surface area contributed by atoms with E-state index in [1.807, 2.05) is 12.1 Å². The summed E-state index contributed by atoms with van der Waals surface area (Å²) in [5.41, 5.74) is 1.37. The highest BCUT2D eigenvalue weighted by atomic mass is 32.2. The Bertz CT molecular complexity index is 1140. The van der Waals surface area contributed by atoms with Gasteiger partial charge in [-0.1, -0.05) is 19.1 Å².